The average molecular weight is 226 g/mol. The van der Waals surface area contributed by atoms with E-state index in [1.165, 1.54) is 0 Å². The maximum absolute atomic E-state index is 11.7. The molecular formula is C13H22O3. The van der Waals surface area contributed by atoms with Crippen molar-refractivity contribution in [2.24, 2.45) is 5.92 Å². The van der Waals surface area contributed by atoms with E-state index in [9.17, 15) is 9.59 Å². The lowest BCUT2D eigenvalue weighted by atomic mass is 9.76. The van der Waals surface area contributed by atoms with Gasteiger partial charge in [0.05, 0.1) is 5.60 Å². The van der Waals surface area contributed by atoms with E-state index in [0.717, 1.165) is 12.8 Å². The Kier molecular flexibility index (Phi) is 4.66. The Morgan fingerprint density at radius 1 is 1.56 bits per heavy atom. The minimum absolute atomic E-state index is 0.113. The summed E-state index contributed by atoms with van der Waals surface area (Å²) in [5.41, 5.74) is -0.217. The second-order valence-corrected chi connectivity index (χ2v) is 5.01. The lowest BCUT2D eigenvalue weighted by molar-refractivity contribution is -0.136. The fraction of sp³-hybridized carbons (Fsp3) is 0.846. The van der Waals surface area contributed by atoms with Crippen LogP contribution in [0.3, 0.4) is 0 Å². The van der Waals surface area contributed by atoms with Gasteiger partial charge in [0.2, 0.25) is 0 Å². The summed E-state index contributed by atoms with van der Waals surface area (Å²) in [6, 6.07) is 0. The maximum Gasteiger partial charge on any atom is 0.136 e. The molecule has 0 radical (unpaired) electrons. The zero-order valence-corrected chi connectivity index (χ0v) is 10.5. The van der Waals surface area contributed by atoms with Gasteiger partial charge in [0.15, 0.2) is 0 Å². The summed E-state index contributed by atoms with van der Waals surface area (Å²) in [6.07, 6.45) is 3.88. The van der Waals surface area contributed by atoms with Gasteiger partial charge < -0.3 is 4.74 Å². The highest BCUT2D eigenvalue weighted by Crippen LogP contribution is 2.34. The lowest BCUT2D eigenvalue weighted by Crippen LogP contribution is -2.39. The highest BCUT2D eigenvalue weighted by atomic mass is 16.5. The number of rotatable bonds is 5. The molecule has 1 aliphatic rings. The first kappa shape index (κ1) is 13.4. The third kappa shape index (κ3) is 3.41. The van der Waals surface area contributed by atoms with Crippen molar-refractivity contribution in [3.05, 3.63) is 0 Å². The molecule has 0 amide bonds. The number of hydrogen-bond donors (Lipinski definition) is 0. The van der Waals surface area contributed by atoms with Crippen LogP contribution in [0.25, 0.3) is 0 Å². The van der Waals surface area contributed by atoms with Crippen LogP contribution in [0.4, 0.5) is 0 Å². The minimum Gasteiger partial charge on any atom is -0.378 e. The predicted molar refractivity (Wildman–Crippen MR) is 62.3 cm³/mol. The third-order valence-corrected chi connectivity index (χ3v) is 3.53. The summed E-state index contributed by atoms with van der Waals surface area (Å²) >= 11 is 0. The maximum atomic E-state index is 11.7. The van der Waals surface area contributed by atoms with E-state index in [1.807, 2.05) is 13.8 Å². The molecule has 1 aliphatic carbocycles. The summed E-state index contributed by atoms with van der Waals surface area (Å²) in [6.45, 7) is 4.01. The van der Waals surface area contributed by atoms with E-state index in [1.54, 1.807) is 7.11 Å². The van der Waals surface area contributed by atoms with E-state index in [0.29, 0.717) is 25.7 Å². The molecule has 1 saturated carbocycles. The van der Waals surface area contributed by atoms with Gasteiger partial charge in [-0.25, -0.2) is 0 Å². The molecule has 1 fully saturated rings. The summed E-state index contributed by atoms with van der Waals surface area (Å²) < 4.78 is 5.44. The molecule has 1 rings (SSSR count). The molecule has 0 bridgehead atoms. The number of carbonyl (C=O) groups excluding carboxylic acids is 2. The number of ether oxygens (including phenoxy) is 1. The second kappa shape index (κ2) is 5.58. The molecule has 0 aliphatic heterocycles. The summed E-state index contributed by atoms with van der Waals surface area (Å²) in [5, 5.41) is 0. The van der Waals surface area contributed by atoms with E-state index in [-0.39, 0.29) is 23.1 Å². The molecule has 0 aromatic heterocycles. The van der Waals surface area contributed by atoms with Gasteiger partial charge in [0.25, 0.3) is 0 Å². The van der Waals surface area contributed by atoms with Crippen molar-refractivity contribution >= 4 is 11.6 Å². The smallest absolute Gasteiger partial charge is 0.136 e. The van der Waals surface area contributed by atoms with Crippen molar-refractivity contribution in [3.63, 3.8) is 0 Å². The van der Waals surface area contributed by atoms with Gasteiger partial charge in [-0.1, -0.05) is 6.92 Å². The first-order chi connectivity index (χ1) is 7.50. The monoisotopic (exact) mass is 226 g/mol. The number of methoxy groups -OCH3 is 1. The van der Waals surface area contributed by atoms with E-state index in [2.05, 4.69) is 0 Å². The number of carbonyl (C=O) groups is 2. The molecule has 16 heavy (non-hydrogen) atoms. The average Bonchev–Trinajstić information content (AvgIpc) is 2.24. The van der Waals surface area contributed by atoms with Crippen LogP contribution in [0.5, 0.6) is 0 Å². The molecule has 3 heteroatoms. The van der Waals surface area contributed by atoms with Crippen LogP contribution in [0.2, 0.25) is 0 Å². The Balaban J connectivity index is 2.56. The number of ketones is 2. The molecule has 0 aromatic carbocycles. The Morgan fingerprint density at radius 3 is 2.81 bits per heavy atom. The largest absolute Gasteiger partial charge is 0.378 e. The summed E-state index contributed by atoms with van der Waals surface area (Å²) in [7, 11) is 1.68. The Labute approximate surface area is 97.5 Å². The fourth-order valence-corrected chi connectivity index (χ4v) is 2.36. The van der Waals surface area contributed by atoms with Crippen LogP contribution in [0, 0.1) is 5.92 Å². The molecule has 0 aromatic rings. The highest BCUT2D eigenvalue weighted by molar-refractivity contribution is 5.88. The lowest BCUT2D eigenvalue weighted by Gasteiger charge is -2.36. The van der Waals surface area contributed by atoms with E-state index >= 15 is 0 Å². The van der Waals surface area contributed by atoms with Crippen LogP contribution < -0.4 is 0 Å². The molecule has 0 heterocycles. The number of Topliss-reactive ketones (excluding diaryl/α,β-unsaturated/α-hetero) is 2. The van der Waals surface area contributed by atoms with Crippen molar-refractivity contribution in [3.8, 4) is 0 Å². The zero-order valence-electron chi connectivity index (χ0n) is 10.5. The van der Waals surface area contributed by atoms with Gasteiger partial charge >= 0.3 is 0 Å². The van der Waals surface area contributed by atoms with Crippen LogP contribution >= 0.6 is 0 Å². The zero-order chi connectivity index (χ0) is 12.2. The van der Waals surface area contributed by atoms with Gasteiger partial charge in [-0.3, -0.25) is 9.59 Å². The van der Waals surface area contributed by atoms with Crippen molar-refractivity contribution in [2.45, 2.75) is 58.0 Å². The standard InChI is InChI=1S/C13H22O3/c1-4-5-11(14)8-10-9-13(2,16-3)7-6-12(10)15/h10H,4-9H2,1-3H3. The van der Waals surface area contributed by atoms with E-state index < -0.39 is 0 Å². The Morgan fingerprint density at radius 2 is 2.25 bits per heavy atom. The van der Waals surface area contributed by atoms with Gasteiger partial charge in [0.1, 0.15) is 11.6 Å². The summed E-state index contributed by atoms with van der Waals surface area (Å²) in [4.78, 5) is 23.3. The minimum atomic E-state index is -0.217. The topological polar surface area (TPSA) is 43.4 Å². The van der Waals surface area contributed by atoms with Gasteiger partial charge in [0, 0.05) is 32.3 Å². The van der Waals surface area contributed by atoms with E-state index in [4.69, 9.17) is 4.74 Å². The van der Waals surface area contributed by atoms with Crippen LogP contribution in [-0.2, 0) is 14.3 Å². The first-order valence-corrected chi connectivity index (χ1v) is 6.10. The molecule has 0 spiro atoms. The van der Waals surface area contributed by atoms with Crippen LogP contribution in [0.1, 0.15) is 52.4 Å². The van der Waals surface area contributed by atoms with Crippen LogP contribution in [-0.4, -0.2) is 24.3 Å². The SMILES string of the molecule is CCCC(=O)CC1CC(C)(OC)CCC1=O. The summed E-state index contributed by atoms with van der Waals surface area (Å²) in [5.74, 6) is 0.331. The Hall–Kier alpha value is -0.700. The molecule has 92 valence electrons. The van der Waals surface area contributed by atoms with Crippen molar-refractivity contribution in [1.29, 1.82) is 0 Å². The highest BCUT2D eigenvalue weighted by Gasteiger charge is 2.37. The van der Waals surface area contributed by atoms with Crippen LogP contribution in [0.15, 0.2) is 0 Å². The van der Waals surface area contributed by atoms with Gasteiger partial charge in [-0.15, -0.1) is 0 Å². The molecular weight excluding hydrogens is 204 g/mol. The normalized spacial score (nSPS) is 30.4. The third-order valence-electron chi connectivity index (χ3n) is 3.53. The molecule has 2 atom stereocenters. The Bertz CT molecular complexity index is 272. The second-order valence-electron chi connectivity index (χ2n) is 5.01. The van der Waals surface area contributed by atoms with Crippen molar-refractivity contribution < 1.29 is 14.3 Å². The number of hydrogen-bond acceptors (Lipinski definition) is 3. The molecule has 2 unspecified atom stereocenters. The van der Waals surface area contributed by atoms with Gasteiger partial charge in [-0.2, -0.15) is 0 Å². The molecule has 0 saturated heterocycles. The van der Waals surface area contributed by atoms with Gasteiger partial charge in [-0.05, 0) is 26.2 Å². The quantitative estimate of drug-likeness (QED) is 0.723. The molecule has 3 nitrogen and oxygen atoms in total. The fourth-order valence-electron chi connectivity index (χ4n) is 2.36. The first-order valence-electron chi connectivity index (χ1n) is 6.10. The van der Waals surface area contributed by atoms with Crippen molar-refractivity contribution in [1.82, 2.24) is 0 Å². The van der Waals surface area contributed by atoms with Crippen molar-refractivity contribution in [2.75, 3.05) is 7.11 Å². The molecule has 0 N–H and O–H groups in total. The predicted octanol–water partition coefficient (Wildman–Crippen LogP) is 2.52.